The second-order valence-electron chi connectivity index (χ2n) is 10.3. The van der Waals surface area contributed by atoms with E-state index in [-0.39, 0.29) is 5.78 Å². The van der Waals surface area contributed by atoms with Crippen LogP contribution < -0.4 is 18.9 Å². The fourth-order valence-electron chi connectivity index (χ4n) is 6.34. The molecule has 0 unspecified atom stereocenters. The Hall–Kier alpha value is -3.03. The molecule has 0 amide bonds. The summed E-state index contributed by atoms with van der Waals surface area (Å²) < 4.78 is 23.1. The predicted octanol–water partition coefficient (Wildman–Crippen LogP) is 4.74. The molecule has 2 atom stereocenters. The number of allylic oxidation sites excluding steroid dienone is 1. The second kappa shape index (κ2) is 9.79. The maximum atomic E-state index is 13.2. The van der Waals surface area contributed by atoms with Crippen molar-refractivity contribution in [2.75, 3.05) is 40.6 Å². The van der Waals surface area contributed by atoms with Gasteiger partial charge in [0.15, 0.2) is 17.3 Å². The van der Waals surface area contributed by atoms with E-state index in [1.54, 1.807) is 20.3 Å². The Labute approximate surface area is 212 Å². The smallest absolute Gasteiger partial charge is 0.231 e. The lowest BCUT2D eigenvalue weighted by Crippen LogP contribution is -2.51. The van der Waals surface area contributed by atoms with Crippen molar-refractivity contribution >= 4 is 11.9 Å². The van der Waals surface area contributed by atoms with Crippen molar-refractivity contribution in [3.63, 3.8) is 0 Å². The standard InChI is InChI=1S/C29H34N2O5/c1-33-25-10-8-19(14-26(25)34-2)15-27-28(32)21-9-11-24-22(29(21)36-27)17-30(18-35-24)16-20-6-5-13-31-12-4-3-7-23(20)31/h8-11,14-15,20,23H,3-7,12-13,16-18H2,1-2H3/b27-15+/t20-,23+/m0/s1. The van der Waals surface area contributed by atoms with Crippen LogP contribution in [0.4, 0.5) is 0 Å². The fourth-order valence-corrected chi connectivity index (χ4v) is 6.34. The highest BCUT2D eigenvalue weighted by molar-refractivity contribution is 6.15. The number of benzene rings is 2. The number of nitrogens with zero attached hydrogens (tertiary/aromatic N) is 2. The summed E-state index contributed by atoms with van der Waals surface area (Å²) in [6.45, 7) is 4.83. The molecule has 0 aromatic heterocycles. The first-order valence-electron chi connectivity index (χ1n) is 13.1. The summed E-state index contributed by atoms with van der Waals surface area (Å²) in [5.41, 5.74) is 2.38. The molecule has 6 rings (SSSR count). The van der Waals surface area contributed by atoms with Crippen LogP contribution >= 0.6 is 0 Å². The van der Waals surface area contributed by atoms with Crippen LogP contribution in [0.1, 0.15) is 53.6 Å². The van der Waals surface area contributed by atoms with Crippen molar-refractivity contribution in [2.24, 2.45) is 5.92 Å². The number of hydrogen-bond acceptors (Lipinski definition) is 7. The summed E-state index contributed by atoms with van der Waals surface area (Å²) in [5.74, 6) is 3.57. The van der Waals surface area contributed by atoms with Crippen LogP contribution in [0.2, 0.25) is 0 Å². The molecule has 2 aromatic carbocycles. The Morgan fingerprint density at radius 2 is 1.89 bits per heavy atom. The van der Waals surface area contributed by atoms with E-state index >= 15 is 0 Å². The van der Waals surface area contributed by atoms with Gasteiger partial charge in [-0.1, -0.05) is 12.5 Å². The molecule has 0 bridgehead atoms. The van der Waals surface area contributed by atoms with Crippen molar-refractivity contribution in [1.82, 2.24) is 9.80 Å². The van der Waals surface area contributed by atoms with Gasteiger partial charge in [0.25, 0.3) is 0 Å². The molecule has 190 valence electrons. The molecule has 0 radical (unpaired) electrons. The molecular formula is C29H34N2O5. The Morgan fingerprint density at radius 3 is 2.75 bits per heavy atom. The van der Waals surface area contributed by atoms with Crippen LogP contribution in [-0.2, 0) is 6.54 Å². The van der Waals surface area contributed by atoms with Crippen LogP contribution in [0, 0.1) is 5.92 Å². The molecule has 2 aromatic rings. The SMILES string of the molecule is COc1ccc(/C=C2/Oc3c(ccc4c3CN(C[C@@H]3CCCN5CCCC[C@H]35)CO4)C2=O)cc1OC. The molecule has 7 nitrogen and oxygen atoms in total. The molecule has 7 heteroatoms. The van der Waals surface area contributed by atoms with Gasteiger partial charge in [0, 0.05) is 19.1 Å². The lowest BCUT2D eigenvalue weighted by Gasteiger charge is -2.46. The lowest BCUT2D eigenvalue weighted by atomic mass is 9.83. The molecule has 0 aliphatic carbocycles. The number of rotatable bonds is 5. The highest BCUT2D eigenvalue weighted by Crippen LogP contribution is 2.43. The van der Waals surface area contributed by atoms with E-state index in [0.29, 0.717) is 47.3 Å². The highest BCUT2D eigenvalue weighted by Gasteiger charge is 2.37. The molecule has 36 heavy (non-hydrogen) atoms. The van der Waals surface area contributed by atoms with E-state index in [1.807, 2.05) is 30.3 Å². The normalized spacial score (nSPS) is 24.9. The van der Waals surface area contributed by atoms with E-state index < -0.39 is 0 Å². The summed E-state index contributed by atoms with van der Waals surface area (Å²) in [6, 6.07) is 9.98. The quantitative estimate of drug-likeness (QED) is 0.561. The van der Waals surface area contributed by atoms with Crippen LogP contribution in [0.15, 0.2) is 36.1 Å². The number of ketones is 1. The van der Waals surface area contributed by atoms with Crippen molar-refractivity contribution in [2.45, 2.75) is 44.7 Å². The summed E-state index contributed by atoms with van der Waals surface area (Å²) in [7, 11) is 3.20. The third-order valence-electron chi connectivity index (χ3n) is 8.11. The first kappa shape index (κ1) is 23.4. The van der Waals surface area contributed by atoms with Gasteiger partial charge in [0.05, 0.1) is 25.3 Å². The molecule has 4 aliphatic rings. The molecule has 2 fully saturated rings. The first-order chi connectivity index (χ1) is 17.6. The average Bonchev–Trinajstić information content (AvgIpc) is 3.24. The molecule has 2 saturated heterocycles. The molecule has 0 spiro atoms. The predicted molar refractivity (Wildman–Crippen MR) is 137 cm³/mol. The minimum atomic E-state index is -0.107. The maximum Gasteiger partial charge on any atom is 0.231 e. The summed E-state index contributed by atoms with van der Waals surface area (Å²) in [4.78, 5) is 18.3. The number of piperidine rings is 2. The van der Waals surface area contributed by atoms with E-state index in [9.17, 15) is 4.79 Å². The van der Waals surface area contributed by atoms with Gasteiger partial charge in [0.2, 0.25) is 5.78 Å². The van der Waals surface area contributed by atoms with Crippen molar-refractivity contribution in [3.8, 4) is 23.0 Å². The summed E-state index contributed by atoms with van der Waals surface area (Å²) in [5, 5.41) is 0. The Morgan fingerprint density at radius 1 is 1.03 bits per heavy atom. The number of carbonyl (C=O) groups excluding carboxylic acids is 1. The minimum absolute atomic E-state index is 0.107. The Kier molecular flexibility index (Phi) is 6.36. The zero-order valence-corrected chi connectivity index (χ0v) is 21.1. The molecule has 4 aliphatic heterocycles. The van der Waals surface area contributed by atoms with Crippen LogP contribution in [0.3, 0.4) is 0 Å². The van der Waals surface area contributed by atoms with E-state index in [0.717, 1.165) is 30.0 Å². The first-order valence-corrected chi connectivity index (χ1v) is 13.1. The molecule has 4 heterocycles. The Bertz CT molecular complexity index is 1190. The maximum absolute atomic E-state index is 13.2. The van der Waals surface area contributed by atoms with Crippen LogP contribution in [0.5, 0.6) is 23.0 Å². The number of methoxy groups -OCH3 is 2. The van der Waals surface area contributed by atoms with Gasteiger partial charge in [-0.25, -0.2) is 0 Å². The van der Waals surface area contributed by atoms with Crippen LogP contribution in [0.25, 0.3) is 6.08 Å². The lowest BCUT2D eigenvalue weighted by molar-refractivity contribution is 0.0141. The number of hydrogen-bond donors (Lipinski definition) is 0. The zero-order valence-electron chi connectivity index (χ0n) is 21.1. The van der Waals surface area contributed by atoms with Crippen molar-refractivity contribution < 1.29 is 23.7 Å². The number of Topliss-reactive ketones (excluding diaryl/α,β-unsaturated/α-hetero) is 1. The third kappa shape index (κ3) is 4.24. The summed E-state index contributed by atoms with van der Waals surface area (Å²) >= 11 is 0. The molecule has 0 saturated carbocycles. The molecular weight excluding hydrogens is 456 g/mol. The van der Waals surface area contributed by atoms with E-state index in [4.69, 9.17) is 18.9 Å². The minimum Gasteiger partial charge on any atom is -0.493 e. The van der Waals surface area contributed by atoms with Gasteiger partial charge >= 0.3 is 0 Å². The van der Waals surface area contributed by atoms with Crippen molar-refractivity contribution in [1.29, 1.82) is 0 Å². The number of fused-ring (bicyclic) bond motifs is 4. The highest BCUT2D eigenvalue weighted by atomic mass is 16.5. The fraction of sp³-hybridized carbons (Fsp3) is 0.483. The van der Waals surface area contributed by atoms with E-state index in [1.165, 1.54) is 45.2 Å². The second-order valence-corrected chi connectivity index (χ2v) is 10.3. The van der Waals surface area contributed by atoms with Gasteiger partial charge in [-0.15, -0.1) is 0 Å². The van der Waals surface area contributed by atoms with Gasteiger partial charge < -0.3 is 23.8 Å². The van der Waals surface area contributed by atoms with Gasteiger partial charge in [0.1, 0.15) is 18.2 Å². The summed E-state index contributed by atoms with van der Waals surface area (Å²) in [6.07, 6.45) is 8.31. The number of carbonyl (C=O) groups is 1. The third-order valence-corrected chi connectivity index (χ3v) is 8.11. The topological polar surface area (TPSA) is 60.5 Å². The number of ether oxygens (including phenoxy) is 4. The average molecular weight is 491 g/mol. The zero-order chi connectivity index (χ0) is 24.6. The Balaban J connectivity index is 1.22. The van der Waals surface area contributed by atoms with E-state index in [2.05, 4.69) is 9.80 Å². The largest absolute Gasteiger partial charge is 0.493 e. The monoisotopic (exact) mass is 490 g/mol. The van der Waals surface area contributed by atoms with Gasteiger partial charge in [-0.3, -0.25) is 9.69 Å². The van der Waals surface area contributed by atoms with Crippen molar-refractivity contribution in [3.05, 3.63) is 52.8 Å². The van der Waals surface area contributed by atoms with Crippen LogP contribution in [-0.4, -0.2) is 62.2 Å². The molecule has 0 N–H and O–H groups in total. The van der Waals surface area contributed by atoms with Gasteiger partial charge in [-0.2, -0.15) is 0 Å². The van der Waals surface area contributed by atoms with Gasteiger partial charge in [-0.05, 0) is 80.6 Å².